The number of carboxylic acids is 1. The van der Waals surface area contributed by atoms with E-state index in [1.54, 1.807) is 0 Å². The maximum absolute atomic E-state index is 12.6. The molecule has 2 N–H and O–H groups in total. The summed E-state index contributed by atoms with van der Waals surface area (Å²) in [5.41, 5.74) is 0.996. The molecule has 0 spiro atoms. The van der Waals surface area contributed by atoms with Crippen LogP contribution in [-0.2, 0) is 19.1 Å². The lowest BCUT2D eigenvalue weighted by Gasteiger charge is -2.37. The van der Waals surface area contributed by atoms with E-state index in [2.05, 4.69) is 10.2 Å². The van der Waals surface area contributed by atoms with Crippen molar-refractivity contribution in [3.8, 4) is 0 Å². The molecule has 2 fully saturated rings. The van der Waals surface area contributed by atoms with Crippen LogP contribution in [0.3, 0.4) is 0 Å². The minimum atomic E-state index is -1.13. The van der Waals surface area contributed by atoms with Crippen molar-refractivity contribution in [2.75, 3.05) is 37.6 Å². The molecular formula is C20H26ClN3O5. The molecule has 3 rings (SSSR count). The fourth-order valence-corrected chi connectivity index (χ4v) is 3.73. The van der Waals surface area contributed by atoms with E-state index in [0.29, 0.717) is 37.5 Å². The van der Waals surface area contributed by atoms with E-state index in [0.717, 1.165) is 18.8 Å². The van der Waals surface area contributed by atoms with E-state index >= 15 is 0 Å². The van der Waals surface area contributed by atoms with Crippen LogP contribution in [0.15, 0.2) is 24.3 Å². The van der Waals surface area contributed by atoms with Crippen LogP contribution in [0.2, 0.25) is 5.02 Å². The summed E-state index contributed by atoms with van der Waals surface area (Å²) in [5.74, 6) is -1.32. The lowest BCUT2D eigenvalue weighted by atomic mass is 10.0. The highest BCUT2D eigenvalue weighted by molar-refractivity contribution is 6.33. The van der Waals surface area contributed by atoms with Crippen LogP contribution in [0.4, 0.5) is 5.69 Å². The number of nitrogens with one attached hydrogen (secondary N) is 1. The molecule has 1 aromatic rings. The van der Waals surface area contributed by atoms with Crippen molar-refractivity contribution in [1.82, 2.24) is 10.2 Å². The molecule has 0 aromatic heterocycles. The van der Waals surface area contributed by atoms with Crippen molar-refractivity contribution >= 4 is 35.1 Å². The van der Waals surface area contributed by atoms with Crippen molar-refractivity contribution in [2.24, 2.45) is 5.92 Å². The van der Waals surface area contributed by atoms with E-state index in [1.165, 1.54) is 0 Å². The Balaban J connectivity index is 1.35. The van der Waals surface area contributed by atoms with Crippen molar-refractivity contribution in [3.63, 3.8) is 0 Å². The Kier molecular flexibility index (Phi) is 6.97. The predicted octanol–water partition coefficient (Wildman–Crippen LogP) is 1.37. The van der Waals surface area contributed by atoms with Crippen molar-refractivity contribution in [3.05, 3.63) is 29.3 Å². The number of carboxylic acid groups (broad SMARTS) is 1. The van der Waals surface area contributed by atoms with Gasteiger partial charge in [0.25, 0.3) is 5.91 Å². The average Bonchev–Trinajstić information content (AvgIpc) is 3.50. The molecule has 2 saturated heterocycles. The molecule has 2 aliphatic heterocycles. The number of carbonyl (C=O) groups excluding carboxylic acids is 2. The molecule has 2 amide bonds. The summed E-state index contributed by atoms with van der Waals surface area (Å²) in [6.07, 6.45) is -0.862. The van der Waals surface area contributed by atoms with Crippen molar-refractivity contribution in [1.29, 1.82) is 0 Å². The summed E-state index contributed by atoms with van der Waals surface area (Å²) < 4.78 is 4.80. The molecule has 2 heterocycles. The molecule has 0 bridgehead atoms. The molecule has 0 aliphatic carbocycles. The van der Waals surface area contributed by atoms with E-state index < -0.39 is 24.1 Å². The number of rotatable bonds is 8. The number of hydrogen-bond acceptors (Lipinski definition) is 5. The van der Waals surface area contributed by atoms with Crippen molar-refractivity contribution in [2.45, 2.75) is 32.0 Å². The summed E-state index contributed by atoms with van der Waals surface area (Å²) in [6, 6.07) is 7.71. The lowest BCUT2D eigenvalue weighted by molar-refractivity contribution is -0.138. The molecule has 3 atom stereocenters. The molecular weight excluding hydrogens is 398 g/mol. The number of ether oxygens (including phenoxy) is 1. The molecule has 0 radical (unpaired) electrons. The van der Waals surface area contributed by atoms with Gasteiger partial charge >= 0.3 is 5.97 Å². The molecule has 158 valence electrons. The number of piperazine rings is 1. The van der Waals surface area contributed by atoms with Gasteiger partial charge in [0.2, 0.25) is 5.91 Å². The van der Waals surface area contributed by atoms with E-state index in [1.807, 2.05) is 36.1 Å². The van der Waals surface area contributed by atoms with Gasteiger partial charge in [0.1, 0.15) is 0 Å². The quantitative estimate of drug-likeness (QED) is 0.612. The van der Waals surface area contributed by atoms with Gasteiger partial charge in [-0.15, -0.1) is 0 Å². The smallest absolute Gasteiger partial charge is 0.336 e. The molecule has 0 unspecified atom stereocenters. The maximum atomic E-state index is 12.6. The number of aliphatic carboxylic acids is 1. The van der Waals surface area contributed by atoms with Crippen LogP contribution in [-0.4, -0.2) is 72.7 Å². The van der Waals surface area contributed by atoms with Crippen LogP contribution in [0.5, 0.6) is 0 Å². The number of anilines is 1. The van der Waals surface area contributed by atoms with Crippen LogP contribution in [0.25, 0.3) is 0 Å². The SMILES string of the molecule is C[C@@H](CCNC(=O)[C@H]1O[C@@H]1C(=O)O)CC(=O)N1CCN(c2ccccc2Cl)CC1. The number of para-hydroxylation sites is 1. The standard InChI is InChI=1S/C20H26ClN3O5/c1-13(6-7-22-19(26)17-18(29-17)20(27)28)12-16(25)24-10-8-23(9-11-24)15-5-3-2-4-14(15)21/h2-5,13,17-18H,6-12H2,1H3,(H,22,26)(H,27,28)/t13-,17-,18-/m0/s1. The highest BCUT2D eigenvalue weighted by Gasteiger charge is 2.50. The molecule has 9 heteroatoms. The Bertz CT molecular complexity index is 766. The van der Waals surface area contributed by atoms with E-state index in [4.69, 9.17) is 21.4 Å². The van der Waals surface area contributed by atoms with Crippen LogP contribution in [0.1, 0.15) is 19.8 Å². The van der Waals surface area contributed by atoms with Crippen molar-refractivity contribution < 1.29 is 24.2 Å². The highest BCUT2D eigenvalue weighted by Crippen LogP contribution is 2.26. The monoisotopic (exact) mass is 423 g/mol. The van der Waals surface area contributed by atoms with E-state index in [-0.39, 0.29) is 11.8 Å². The summed E-state index contributed by atoms with van der Waals surface area (Å²) >= 11 is 6.25. The van der Waals surface area contributed by atoms with Gasteiger partial charge in [-0.1, -0.05) is 30.7 Å². The number of carbonyl (C=O) groups is 3. The van der Waals surface area contributed by atoms with Crippen LogP contribution < -0.4 is 10.2 Å². The third-order valence-electron chi connectivity index (χ3n) is 5.28. The summed E-state index contributed by atoms with van der Waals surface area (Å²) in [7, 11) is 0. The zero-order valence-corrected chi connectivity index (χ0v) is 17.1. The Labute approximate surface area is 174 Å². The third-order valence-corrected chi connectivity index (χ3v) is 5.60. The van der Waals surface area contributed by atoms with Gasteiger partial charge < -0.3 is 25.0 Å². The lowest BCUT2D eigenvalue weighted by Crippen LogP contribution is -2.49. The predicted molar refractivity (Wildman–Crippen MR) is 108 cm³/mol. The van der Waals surface area contributed by atoms with Gasteiger partial charge in [-0.3, -0.25) is 9.59 Å². The first-order valence-corrected chi connectivity index (χ1v) is 10.2. The Morgan fingerprint density at radius 2 is 1.90 bits per heavy atom. The number of amides is 2. The third kappa shape index (κ3) is 5.61. The molecule has 0 saturated carbocycles. The molecule has 8 nitrogen and oxygen atoms in total. The fourth-order valence-electron chi connectivity index (χ4n) is 3.48. The normalized spacial score (nSPS) is 22.1. The zero-order chi connectivity index (χ0) is 21.0. The number of nitrogens with zero attached hydrogens (tertiary/aromatic N) is 2. The highest BCUT2D eigenvalue weighted by atomic mass is 35.5. The van der Waals surface area contributed by atoms with Gasteiger partial charge in [-0.2, -0.15) is 0 Å². The maximum Gasteiger partial charge on any atom is 0.336 e. The van der Waals surface area contributed by atoms with Crippen LogP contribution in [0, 0.1) is 5.92 Å². The number of epoxide rings is 1. The molecule has 2 aliphatic rings. The van der Waals surface area contributed by atoms with E-state index in [9.17, 15) is 14.4 Å². The fraction of sp³-hybridized carbons (Fsp3) is 0.550. The van der Waals surface area contributed by atoms with Gasteiger partial charge in [0.05, 0.1) is 10.7 Å². The summed E-state index contributed by atoms with van der Waals surface area (Å²) in [5, 5.41) is 12.1. The minimum Gasteiger partial charge on any atom is -0.479 e. The topological polar surface area (TPSA) is 102 Å². The Morgan fingerprint density at radius 1 is 1.21 bits per heavy atom. The zero-order valence-electron chi connectivity index (χ0n) is 16.3. The van der Waals surface area contributed by atoms with Gasteiger partial charge in [-0.25, -0.2) is 4.79 Å². The Hall–Kier alpha value is -2.32. The number of halogens is 1. The number of benzene rings is 1. The minimum absolute atomic E-state index is 0.110. The molecule has 1 aromatic carbocycles. The second kappa shape index (κ2) is 9.45. The van der Waals surface area contributed by atoms with Gasteiger partial charge in [-0.05, 0) is 24.5 Å². The number of hydrogen-bond donors (Lipinski definition) is 2. The summed E-state index contributed by atoms with van der Waals surface area (Å²) in [4.78, 5) is 39.1. The second-order valence-electron chi connectivity index (χ2n) is 7.52. The second-order valence-corrected chi connectivity index (χ2v) is 7.93. The average molecular weight is 424 g/mol. The largest absolute Gasteiger partial charge is 0.479 e. The van der Waals surface area contributed by atoms with Gasteiger partial charge in [0, 0.05) is 39.1 Å². The van der Waals surface area contributed by atoms with Crippen LogP contribution >= 0.6 is 11.6 Å². The summed E-state index contributed by atoms with van der Waals surface area (Å²) in [6.45, 7) is 5.15. The Morgan fingerprint density at radius 3 is 2.52 bits per heavy atom. The van der Waals surface area contributed by atoms with Gasteiger partial charge in [0.15, 0.2) is 12.2 Å². The first-order valence-electron chi connectivity index (χ1n) is 9.80. The first kappa shape index (κ1) is 21.4. The molecule has 29 heavy (non-hydrogen) atoms. The first-order chi connectivity index (χ1) is 13.9.